The monoisotopic (exact) mass is 504 g/mol. The number of likely N-dealkylation sites (tertiary alicyclic amines) is 1. The Bertz CT molecular complexity index is 1230. The molecule has 37 heavy (non-hydrogen) atoms. The molecule has 1 aliphatic heterocycles. The summed E-state index contributed by atoms with van der Waals surface area (Å²) < 4.78 is 17.3. The fraction of sp³-hybridized carbons (Fsp3) is 0.357. The number of carbonyl (C=O) groups excluding carboxylic acids is 2. The molecule has 1 saturated heterocycles. The Morgan fingerprint density at radius 1 is 1.00 bits per heavy atom. The van der Waals surface area contributed by atoms with Crippen LogP contribution in [0.4, 0.5) is 4.79 Å². The molecule has 0 spiro atoms. The minimum Gasteiger partial charge on any atom is -0.457 e. The molecule has 2 heterocycles. The lowest BCUT2D eigenvalue weighted by Crippen LogP contribution is -2.43. The Hall–Kier alpha value is -4.14. The van der Waals surface area contributed by atoms with Crippen LogP contribution in [0.1, 0.15) is 49.8 Å². The van der Waals surface area contributed by atoms with Gasteiger partial charge in [-0.3, -0.25) is 4.79 Å². The molecule has 194 valence electrons. The third kappa shape index (κ3) is 7.42. The highest BCUT2D eigenvalue weighted by atomic mass is 16.6. The number of hydrogen-bond acceptors (Lipinski definition) is 7. The van der Waals surface area contributed by atoms with E-state index in [1.807, 2.05) is 51.1 Å². The van der Waals surface area contributed by atoms with E-state index >= 15 is 0 Å². The van der Waals surface area contributed by atoms with E-state index in [-0.39, 0.29) is 23.5 Å². The summed E-state index contributed by atoms with van der Waals surface area (Å²) in [7, 11) is 0. The number of amides is 2. The van der Waals surface area contributed by atoms with E-state index in [0.29, 0.717) is 36.8 Å². The standard InChI is InChI=1S/C28H32N4O5/c1-28(2,3)37-27(34)32-15-7-8-19(18-32)16-24-30-17-23(25(29)33)26(31-24)36-22-13-11-21(12-14-22)35-20-9-5-4-6-10-20/h4-6,9-14,17,19H,7-8,15-16,18H2,1-3H3,(H2,29,33). The lowest BCUT2D eigenvalue weighted by atomic mass is 9.94. The topological polar surface area (TPSA) is 117 Å². The van der Waals surface area contributed by atoms with Crippen molar-refractivity contribution in [2.24, 2.45) is 11.7 Å². The van der Waals surface area contributed by atoms with Crippen molar-refractivity contribution < 1.29 is 23.8 Å². The summed E-state index contributed by atoms with van der Waals surface area (Å²) in [5.41, 5.74) is 5.08. The van der Waals surface area contributed by atoms with Crippen molar-refractivity contribution in [2.45, 2.75) is 45.6 Å². The molecular formula is C28H32N4O5. The number of nitrogens with zero attached hydrogens (tertiary/aromatic N) is 3. The molecule has 1 unspecified atom stereocenters. The molecule has 2 aromatic carbocycles. The molecule has 1 atom stereocenters. The molecule has 2 amide bonds. The van der Waals surface area contributed by atoms with Crippen molar-refractivity contribution in [2.75, 3.05) is 13.1 Å². The van der Waals surface area contributed by atoms with Crippen LogP contribution in [-0.2, 0) is 11.2 Å². The zero-order valence-electron chi connectivity index (χ0n) is 21.3. The first-order valence-electron chi connectivity index (χ1n) is 12.3. The number of piperidine rings is 1. The van der Waals surface area contributed by atoms with Crippen molar-refractivity contribution in [3.8, 4) is 23.1 Å². The van der Waals surface area contributed by atoms with E-state index in [1.54, 1.807) is 29.2 Å². The molecule has 1 fully saturated rings. The molecule has 1 aliphatic rings. The van der Waals surface area contributed by atoms with Crippen molar-refractivity contribution >= 4 is 12.0 Å². The van der Waals surface area contributed by atoms with Crippen LogP contribution in [0.25, 0.3) is 0 Å². The first kappa shape index (κ1) is 25.9. The second-order valence-corrected chi connectivity index (χ2v) is 10.00. The molecule has 0 saturated carbocycles. The van der Waals surface area contributed by atoms with E-state index in [0.717, 1.165) is 18.6 Å². The largest absolute Gasteiger partial charge is 0.457 e. The van der Waals surface area contributed by atoms with Crippen LogP contribution >= 0.6 is 0 Å². The van der Waals surface area contributed by atoms with Gasteiger partial charge in [-0.25, -0.2) is 9.78 Å². The molecule has 3 aromatic rings. The maximum Gasteiger partial charge on any atom is 0.410 e. The maximum atomic E-state index is 12.5. The predicted octanol–water partition coefficient (Wildman–Crippen LogP) is 5.35. The quantitative estimate of drug-likeness (QED) is 0.461. The fourth-order valence-corrected chi connectivity index (χ4v) is 4.04. The first-order chi connectivity index (χ1) is 17.7. The Balaban J connectivity index is 1.44. The normalized spacial score (nSPS) is 15.6. The molecular weight excluding hydrogens is 472 g/mol. The van der Waals surface area contributed by atoms with Gasteiger partial charge in [0.05, 0.1) is 0 Å². The summed E-state index contributed by atoms with van der Waals surface area (Å²) in [6.07, 6.45) is 3.40. The molecule has 0 aliphatic carbocycles. The van der Waals surface area contributed by atoms with Gasteiger partial charge >= 0.3 is 6.09 Å². The maximum absolute atomic E-state index is 12.5. The van der Waals surface area contributed by atoms with Crippen molar-refractivity contribution in [1.29, 1.82) is 0 Å². The molecule has 0 radical (unpaired) electrons. The Morgan fingerprint density at radius 3 is 2.30 bits per heavy atom. The van der Waals surface area contributed by atoms with Gasteiger partial charge in [0.2, 0.25) is 5.88 Å². The van der Waals surface area contributed by atoms with Gasteiger partial charge in [0.1, 0.15) is 34.2 Å². The number of nitrogens with two attached hydrogens (primary N) is 1. The Morgan fingerprint density at radius 2 is 1.65 bits per heavy atom. The number of para-hydroxylation sites is 1. The average Bonchev–Trinajstić information content (AvgIpc) is 2.85. The zero-order chi connectivity index (χ0) is 26.4. The van der Waals surface area contributed by atoms with Crippen molar-refractivity contribution in [3.05, 3.63) is 72.2 Å². The molecule has 4 rings (SSSR count). The number of rotatable bonds is 7. The van der Waals surface area contributed by atoms with Crippen LogP contribution in [0.2, 0.25) is 0 Å². The molecule has 9 heteroatoms. The summed E-state index contributed by atoms with van der Waals surface area (Å²) in [5.74, 6) is 1.92. The zero-order valence-corrected chi connectivity index (χ0v) is 21.3. The molecule has 1 aromatic heterocycles. The minimum absolute atomic E-state index is 0.0902. The number of benzene rings is 2. The van der Waals surface area contributed by atoms with E-state index in [9.17, 15) is 9.59 Å². The van der Waals surface area contributed by atoms with Gasteiger partial charge in [-0.15, -0.1) is 0 Å². The lowest BCUT2D eigenvalue weighted by molar-refractivity contribution is 0.0165. The summed E-state index contributed by atoms with van der Waals surface area (Å²) in [6, 6.07) is 16.4. The van der Waals surface area contributed by atoms with Gasteiger partial charge in [0, 0.05) is 25.7 Å². The number of ether oxygens (including phenoxy) is 3. The third-order valence-electron chi connectivity index (χ3n) is 5.73. The van der Waals surface area contributed by atoms with Gasteiger partial charge in [-0.05, 0) is 75.9 Å². The second kappa shape index (κ2) is 11.3. The van der Waals surface area contributed by atoms with Crippen molar-refractivity contribution in [1.82, 2.24) is 14.9 Å². The average molecular weight is 505 g/mol. The van der Waals surface area contributed by atoms with Gasteiger partial charge in [-0.2, -0.15) is 4.98 Å². The van der Waals surface area contributed by atoms with E-state index < -0.39 is 11.5 Å². The Kier molecular flexibility index (Phi) is 7.91. The number of aromatic nitrogens is 2. The molecule has 0 bridgehead atoms. The van der Waals surface area contributed by atoms with Crippen LogP contribution < -0.4 is 15.2 Å². The highest BCUT2D eigenvalue weighted by molar-refractivity contribution is 5.94. The van der Waals surface area contributed by atoms with E-state index in [4.69, 9.17) is 19.9 Å². The summed E-state index contributed by atoms with van der Waals surface area (Å²) in [4.78, 5) is 35.1. The van der Waals surface area contributed by atoms with E-state index in [1.165, 1.54) is 6.20 Å². The fourth-order valence-electron chi connectivity index (χ4n) is 4.04. The first-order valence-corrected chi connectivity index (χ1v) is 12.3. The van der Waals surface area contributed by atoms with Crippen LogP contribution in [-0.4, -0.2) is 45.6 Å². The second-order valence-electron chi connectivity index (χ2n) is 10.00. The van der Waals surface area contributed by atoms with Gasteiger partial charge in [-0.1, -0.05) is 18.2 Å². The van der Waals surface area contributed by atoms with Crippen molar-refractivity contribution in [3.63, 3.8) is 0 Å². The highest BCUT2D eigenvalue weighted by Gasteiger charge is 2.28. The summed E-state index contributed by atoms with van der Waals surface area (Å²) in [5, 5.41) is 0. The van der Waals surface area contributed by atoms with Crippen LogP contribution in [0.15, 0.2) is 60.8 Å². The third-order valence-corrected chi connectivity index (χ3v) is 5.73. The molecule has 9 nitrogen and oxygen atoms in total. The minimum atomic E-state index is -0.681. The van der Waals surface area contributed by atoms with Crippen LogP contribution in [0.5, 0.6) is 23.1 Å². The van der Waals surface area contributed by atoms with E-state index in [2.05, 4.69) is 9.97 Å². The van der Waals surface area contributed by atoms with Crippen LogP contribution in [0, 0.1) is 5.92 Å². The number of primary amides is 1. The van der Waals surface area contributed by atoms with Gasteiger partial charge in [0.25, 0.3) is 5.91 Å². The number of hydrogen-bond donors (Lipinski definition) is 1. The van der Waals surface area contributed by atoms with Crippen LogP contribution in [0.3, 0.4) is 0 Å². The number of carbonyl (C=O) groups is 2. The lowest BCUT2D eigenvalue weighted by Gasteiger charge is -2.34. The molecule has 2 N–H and O–H groups in total. The predicted molar refractivity (Wildman–Crippen MR) is 138 cm³/mol. The highest BCUT2D eigenvalue weighted by Crippen LogP contribution is 2.28. The summed E-state index contributed by atoms with van der Waals surface area (Å²) in [6.45, 7) is 6.77. The summed E-state index contributed by atoms with van der Waals surface area (Å²) >= 11 is 0. The smallest absolute Gasteiger partial charge is 0.410 e. The van der Waals surface area contributed by atoms with Gasteiger partial charge in [0.15, 0.2) is 0 Å². The SMILES string of the molecule is CC(C)(C)OC(=O)N1CCCC(Cc2ncc(C(N)=O)c(Oc3ccc(Oc4ccccc4)cc3)n2)C1. The Labute approximate surface area is 216 Å². The van der Waals surface area contributed by atoms with Gasteiger partial charge < -0.3 is 24.8 Å².